The number of amides is 1. The van der Waals surface area contributed by atoms with Gasteiger partial charge in [-0.25, -0.2) is 0 Å². The molecule has 1 aromatic carbocycles. The zero-order valence-electron chi connectivity index (χ0n) is 12.9. The largest absolute Gasteiger partial charge is 0.454 e. The molecular weight excluding hydrogens is 348 g/mol. The first-order valence-electron chi connectivity index (χ1n) is 7.64. The predicted molar refractivity (Wildman–Crippen MR) is 93.1 cm³/mol. The molecule has 1 fully saturated rings. The molecule has 0 bridgehead atoms. The van der Waals surface area contributed by atoms with Gasteiger partial charge in [-0.1, -0.05) is 23.1 Å². The molecule has 1 amide bonds. The number of thioether (sulfide) groups is 1. The molecule has 4 rings (SSSR count). The van der Waals surface area contributed by atoms with Crippen LogP contribution in [0, 0.1) is 0 Å². The summed E-state index contributed by atoms with van der Waals surface area (Å²) < 4.78 is 11.4. The third-order valence-electron chi connectivity index (χ3n) is 3.60. The van der Waals surface area contributed by atoms with Crippen LogP contribution < -0.4 is 20.1 Å². The zero-order chi connectivity index (χ0) is 16.5. The smallest absolute Gasteiger partial charge is 0.237 e. The van der Waals surface area contributed by atoms with Crippen LogP contribution in [0.15, 0.2) is 22.5 Å². The average Bonchev–Trinajstić information content (AvgIpc) is 3.07. The summed E-state index contributed by atoms with van der Waals surface area (Å²) in [6.45, 7) is 2.07. The van der Waals surface area contributed by atoms with E-state index in [0.29, 0.717) is 23.2 Å². The Morgan fingerprint density at radius 3 is 3.00 bits per heavy atom. The number of carbonyl (C=O) groups is 1. The molecule has 2 aromatic rings. The molecule has 2 aliphatic rings. The number of ether oxygens (including phenoxy) is 2. The highest BCUT2D eigenvalue weighted by Crippen LogP contribution is 2.35. The van der Waals surface area contributed by atoms with E-state index in [1.165, 1.54) is 35.9 Å². The number of hydrogen-bond acceptors (Lipinski definition) is 8. The van der Waals surface area contributed by atoms with E-state index in [1.54, 1.807) is 18.2 Å². The van der Waals surface area contributed by atoms with Gasteiger partial charge in [-0.15, -0.1) is 10.2 Å². The van der Waals surface area contributed by atoms with Crippen molar-refractivity contribution < 1.29 is 14.3 Å². The Kier molecular flexibility index (Phi) is 4.19. The number of aromatic nitrogens is 2. The Labute approximate surface area is 147 Å². The van der Waals surface area contributed by atoms with E-state index >= 15 is 0 Å². The number of nitrogens with zero attached hydrogens (tertiary/aromatic N) is 2. The minimum absolute atomic E-state index is 0.0919. The SMILES string of the molecule is C[C@@H](Sc1nnc(NC2CC2)s1)C(=O)Nc1ccc2c(c1)OCO2. The van der Waals surface area contributed by atoms with E-state index in [4.69, 9.17) is 9.47 Å². The van der Waals surface area contributed by atoms with Gasteiger partial charge in [0.2, 0.25) is 17.8 Å². The molecule has 0 spiro atoms. The summed E-state index contributed by atoms with van der Waals surface area (Å²) in [6, 6.07) is 5.89. The van der Waals surface area contributed by atoms with Gasteiger partial charge in [0.05, 0.1) is 5.25 Å². The van der Waals surface area contributed by atoms with Crippen molar-refractivity contribution in [2.75, 3.05) is 17.4 Å². The number of carbonyl (C=O) groups excluding carboxylic acids is 1. The monoisotopic (exact) mass is 364 g/mol. The lowest BCUT2D eigenvalue weighted by Gasteiger charge is -2.10. The molecule has 2 N–H and O–H groups in total. The van der Waals surface area contributed by atoms with Gasteiger partial charge in [0.25, 0.3) is 0 Å². The summed E-state index contributed by atoms with van der Waals surface area (Å²) in [5.74, 6) is 1.25. The minimum Gasteiger partial charge on any atom is -0.454 e. The standard InChI is InChI=1S/C15H16N4O3S2/c1-8(23-15-19-18-14(24-15)17-9-2-3-9)13(20)16-10-4-5-11-12(6-10)22-7-21-11/h4-6,8-9H,2-3,7H2,1H3,(H,16,20)(H,17,18)/t8-/m1/s1. The summed E-state index contributed by atoms with van der Waals surface area (Å²) >= 11 is 2.88. The Balaban J connectivity index is 1.34. The fraction of sp³-hybridized carbons (Fsp3) is 0.400. The zero-order valence-corrected chi connectivity index (χ0v) is 14.6. The number of hydrogen-bond donors (Lipinski definition) is 2. The Hall–Kier alpha value is -2.00. The van der Waals surface area contributed by atoms with Crippen LogP contribution in [-0.4, -0.2) is 34.2 Å². The lowest BCUT2D eigenvalue weighted by atomic mass is 10.2. The van der Waals surface area contributed by atoms with Crippen molar-refractivity contribution in [2.24, 2.45) is 0 Å². The summed E-state index contributed by atoms with van der Waals surface area (Å²) in [5, 5.41) is 15.0. The Morgan fingerprint density at radius 2 is 2.17 bits per heavy atom. The molecule has 1 aromatic heterocycles. The number of fused-ring (bicyclic) bond motifs is 1. The van der Waals surface area contributed by atoms with Crippen LogP contribution in [0.2, 0.25) is 0 Å². The maximum atomic E-state index is 12.3. The van der Waals surface area contributed by atoms with Crippen LogP contribution in [0.4, 0.5) is 10.8 Å². The summed E-state index contributed by atoms with van der Waals surface area (Å²) in [7, 11) is 0. The molecule has 0 saturated heterocycles. The van der Waals surface area contributed by atoms with Crippen molar-refractivity contribution in [1.82, 2.24) is 10.2 Å². The molecule has 1 aliphatic carbocycles. The van der Waals surface area contributed by atoms with Gasteiger partial charge in [-0.3, -0.25) is 4.79 Å². The van der Waals surface area contributed by atoms with Crippen molar-refractivity contribution in [3.8, 4) is 11.5 Å². The van der Waals surface area contributed by atoms with Gasteiger partial charge in [0, 0.05) is 17.8 Å². The highest BCUT2D eigenvalue weighted by atomic mass is 32.2. The first-order valence-corrected chi connectivity index (χ1v) is 9.34. The van der Waals surface area contributed by atoms with Crippen LogP contribution in [0.1, 0.15) is 19.8 Å². The molecule has 1 aliphatic heterocycles. The van der Waals surface area contributed by atoms with Crippen molar-refractivity contribution in [1.29, 1.82) is 0 Å². The average molecular weight is 364 g/mol. The maximum absolute atomic E-state index is 12.3. The third kappa shape index (κ3) is 3.57. The number of benzene rings is 1. The van der Waals surface area contributed by atoms with Crippen molar-refractivity contribution >= 4 is 39.8 Å². The molecule has 1 saturated carbocycles. The van der Waals surface area contributed by atoms with Gasteiger partial charge in [-0.2, -0.15) is 0 Å². The first kappa shape index (κ1) is 15.5. The van der Waals surface area contributed by atoms with Gasteiger partial charge < -0.3 is 20.1 Å². The highest BCUT2D eigenvalue weighted by Gasteiger charge is 2.23. The van der Waals surface area contributed by atoms with Gasteiger partial charge in [-0.05, 0) is 31.9 Å². The fourth-order valence-corrected chi connectivity index (χ4v) is 4.11. The molecule has 24 heavy (non-hydrogen) atoms. The Bertz CT molecular complexity index is 763. The van der Waals surface area contributed by atoms with Crippen molar-refractivity contribution in [3.63, 3.8) is 0 Å². The van der Waals surface area contributed by atoms with E-state index < -0.39 is 0 Å². The van der Waals surface area contributed by atoms with Gasteiger partial charge in [0.15, 0.2) is 15.8 Å². The lowest BCUT2D eigenvalue weighted by Crippen LogP contribution is -2.22. The molecule has 2 heterocycles. The third-order valence-corrected chi connectivity index (χ3v) is 5.64. The van der Waals surface area contributed by atoms with Gasteiger partial charge in [0.1, 0.15) is 0 Å². The van der Waals surface area contributed by atoms with Crippen LogP contribution in [0.25, 0.3) is 0 Å². The molecule has 0 unspecified atom stereocenters. The van der Waals surface area contributed by atoms with Crippen LogP contribution in [0.3, 0.4) is 0 Å². The van der Waals surface area contributed by atoms with E-state index in [1.807, 2.05) is 6.92 Å². The molecule has 7 nitrogen and oxygen atoms in total. The fourth-order valence-electron chi connectivity index (χ4n) is 2.14. The number of anilines is 2. The topological polar surface area (TPSA) is 85.4 Å². The molecule has 9 heteroatoms. The second-order valence-corrected chi connectivity index (χ2v) is 8.17. The number of nitrogens with one attached hydrogen (secondary N) is 2. The lowest BCUT2D eigenvalue weighted by molar-refractivity contribution is -0.115. The van der Waals surface area contributed by atoms with E-state index in [0.717, 1.165) is 9.47 Å². The molecule has 1 atom stereocenters. The van der Waals surface area contributed by atoms with E-state index in [9.17, 15) is 4.79 Å². The second kappa shape index (κ2) is 6.48. The molecule has 126 valence electrons. The van der Waals surface area contributed by atoms with Crippen LogP contribution in [0.5, 0.6) is 11.5 Å². The first-order chi connectivity index (χ1) is 11.7. The van der Waals surface area contributed by atoms with E-state index in [-0.39, 0.29) is 18.0 Å². The normalized spacial score (nSPS) is 16.7. The second-order valence-electron chi connectivity index (χ2n) is 5.61. The molecular formula is C15H16N4O3S2. The summed E-state index contributed by atoms with van der Waals surface area (Å²) in [6.07, 6.45) is 2.38. The highest BCUT2D eigenvalue weighted by molar-refractivity contribution is 8.02. The Morgan fingerprint density at radius 1 is 1.33 bits per heavy atom. The maximum Gasteiger partial charge on any atom is 0.237 e. The molecule has 0 radical (unpaired) electrons. The predicted octanol–water partition coefficient (Wildman–Crippen LogP) is 2.96. The summed E-state index contributed by atoms with van der Waals surface area (Å²) in [4.78, 5) is 12.3. The number of rotatable bonds is 6. The quantitative estimate of drug-likeness (QED) is 0.762. The van der Waals surface area contributed by atoms with Crippen LogP contribution >= 0.6 is 23.1 Å². The minimum atomic E-state index is -0.280. The van der Waals surface area contributed by atoms with E-state index in [2.05, 4.69) is 20.8 Å². The van der Waals surface area contributed by atoms with Crippen molar-refractivity contribution in [3.05, 3.63) is 18.2 Å². The van der Waals surface area contributed by atoms with Crippen molar-refractivity contribution in [2.45, 2.75) is 35.4 Å². The summed E-state index contributed by atoms with van der Waals surface area (Å²) in [5.41, 5.74) is 0.685. The van der Waals surface area contributed by atoms with Gasteiger partial charge >= 0.3 is 0 Å². The van der Waals surface area contributed by atoms with Crippen LogP contribution in [-0.2, 0) is 4.79 Å².